The van der Waals surface area contributed by atoms with Crippen molar-refractivity contribution in [2.45, 2.75) is 32.7 Å². The predicted octanol–water partition coefficient (Wildman–Crippen LogP) is 2.70. The van der Waals surface area contributed by atoms with Crippen molar-refractivity contribution in [3.63, 3.8) is 0 Å². The summed E-state index contributed by atoms with van der Waals surface area (Å²) in [5, 5.41) is 0. The normalized spacial score (nSPS) is 14.5. The topological polar surface area (TPSA) is 29.0 Å². The van der Waals surface area contributed by atoms with E-state index < -0.39 is 0 Å². The number of nitrogens with zero attached hydrogens (tertiary/aromatic N) is 3. The van der Waals surface area contributed by atoms with Gasteiger partial charge in [-0.25, -0.2) is 9.97 Å². The van der Waals surface area contributed by atoms with Gasteiger partial charge in [-0.15, -0.1) is 0 Å². The van der Waals surface area contributed by atoms with Crippen molar-refractivity contribution >= 4 is 5.82 Å². The first-order valence-electron chi connectivity index (χ1n) is 6.74. The van der Waals surface area contributed by atoms with Crippen LogP contribution in [0.3, 0.4) is 0 Å². The van der Waals surface area contributed by atoms with Crippen molar-refractivity contribution < 1.29 is 0 Å². The Morgan fingerprint density at radius 3 is 2.32 bits per heavy atom. The monoisotopic (exact) mass is 253 g/mol. The van der Waals surface area contributed by atoms with Gasteiger partial charge < -0.3 is 4.90 Å². The molecule has 0 saturated heterocycles. The minimum Gasteiger partial charge on any atom is -0.356 e. The molecule has 2 aromatic rings. The number of hydrogen-bond donors (Lipinski definition) is 0. The third-order valence-electron chi connectivity index (χ3n) is 4.22. The van der Waals surface area contributed by atoms with Gasteiger partial charge in [0.15, 0.2) is 0 Å². The van der Waals surface area contributed by atoms with Crippen molar-refractivity contribution in [3.8, 4) is 0 Å². The second-order valence-corrected chi connectivity index (χ2v) is 5.35. The van der Waals surface area contributed by atoms with Crippen molar-refractivity contribution in [3.05, 3.63) is 53.0 Å². The summed E-state index contributed by atoms with van der Waals surface area (Å²) in [6, 6.07) is 9.23. The van der Waals surface area contributed by atoms with E-state index in [0.29, 0.717) is 6.04 Å². The summed E-state index contributed by atoms with van der Waals surface area (Å²) < 4.78 is 0. The lowest BCUT2D eigenvalue weighted by Crippen LogP contribution is -2.33. The third kappa shape index (κ3) is 2.09. The van der Waals surface area contributed by atoms with Crippen LogP contribution in [0.2, 0.25) is 0 Å². The summed E-state index contributed by atoms with van der Waals surface area (Å²) in [5.74, 6) is 1.06. The van der Waals surface area contributed by atoms with E-state index in [9.17, 15) is 0 Å². The van der Waals surface area contributed by atoms with Gasteiger partial charge in [0.05, 0.1) is 0 Å². The highest BCUT2D eigenvalue weighted by atomic mass is 15.2. The smallest absolute Gasteiger partial charge is 0.135 e. The van der Waals surface area contributed by atoms with Gasteiger partial charge in [0.1, 0.15) is 12.1 Å². The van der Waals surface area contributed by atoms with Crippen LogP contribution in [0.1, 0.15) is 22.4 Å². The van der Waals surface area contributed by atoms with Gasteiger partial charge in [-0.05, 0) is 37.8 Å². The van der Waals surface area contributed by atoms with Crippen molar-refractivity contribution in [1.29, 1.82) is 0 Å². The molecule has 0 N–H and O–H groups in total. The summed E-state index contributed by atoms with van der Waals surface area (Å²) >= 11 is 0. The first-order chi connectivity index (χ1) is 9.16. The van der Waals surface area contributed by atoms with Crippen LogP contribution < -0.4 is 4.90 Å². The Hall–Kier alpha value is -1.90. The maximum atomic E-state index is 4.46. The second kappa shape index (κ2) is 4.65. The molecular weight excluding hydrogens is 234 g/mol. The van der Waals surface area contributed by atoms with E-state index in [4.69, 9.17) is 0 Å². The fourth-order valence-corrected chi connectivity index (χ4v) is 2.86. The molecule has 1 aromatic carbocycles. The van der Waals surface area contributed by atoms with E-state index in [0.717, 1.165) is 24.4 Å². The standard InChI is InChI=1S/C16H19N3/c1-11-12(2)17-10-18-16(11)19(3)15-8-13-6-4-5-7-14(13)9-15/h4-7,10,15H,8-9H2,1-3H3. The Kier molecular flexibility index (Phi) is 2.97. The number of aromatic nitrogens is 2. The summed E-state index contributed by atoms with van der Waals surface area (Å²) in [4.78, 5) is 11.0. The number of hydrogen-bond acceptors (Lipinski definition) is 3. The lowest BCUT2D eigenvalue weighted by Gasteiger charge is -2.27. The van der Waals surface area contributed by atoms with Crippen LogP contribution in [-0.2, 0) is 12.8 Å². The summed E-state index contributed by atoms with van der Waals surface area (Å²) in [6.07, 6.45) is 3.88. The number of aryl methyl sites for hydroxylation is 1. The van der Waals surface area contributed by atoms with Crippen LogP contribution in [0.5, 0.6) is 0 Å². The van der Waals surface area contributed by atoms with Crippen molar-refractivity contribution in [1.82, 2.24) is 9.97 Å². The van der Waals surface area contributed by atoms with Gasteiger partial charge in [-0.3, -0.25) is 0 Å². The van der Waals surface area contributed by atoms with Gasteiger partial charge in [0, 0.05) is 24.3 Å². The lowest BCUT2D eigenvalue weighted by atomic mass is 10.1. The van der Waals surface area contributed by atoms with Crippen LogP contribution in [0.25, 0.3) is 0 Å². The van der Waals surface area contributed by atoms with Gasteiger partial charge in [-0.2, -0.15) is 0 Å². The third-order valence-corrected chi connectivity index (χ3v) is 4.22. The Bertz CT molecular complexity index is 582. The van der Waals surface area contributed by atoms with E-state index in [1.54, 1.807) is 6.33 Å². The molecule has 1 aliphatic carbocycles. The fourth-order valence-electron chi connectivity index (χ4n) is 2.86. The number of likely N-dealkylation sites (N-methyl/N-ethyl adjacent to an activating group) is 1. The van der Waals surface area contributed by atoms with E-state index in [1.165, 1.54) is 16.7 Å². The molecular formula is C16H19N3. The molecule has 0 spiro atoms. The highest BCUT2D eigenvalue weighted by Gasteiger charge is 2.26. The van der Waals surface area contributed by atoms with Gasteiger partial charge in [0.25, 0.3) is 0 Å². The van der Waals surface area contributed by atoms with Gasteiger partial charge in [0.2, 0.25) is 0 Å². The predicted molar refractivity (Wildman–Crippen MR) is 77.5 cm³/mol. The molecule has 19 heavy (non-hydrogen) atoms. The highest BCUT2D eigenvalue weighted by molar-refractivity contribution is 5.49. The van der Waals surface area contributed by atoms with Gasteiger partial charge >= 0.3 is 0 Å². The largest absolute Gasteiger partial charge is 0.356 e. The molecule has 0 aliphatic heterocycles. The first kappa shape index (κ1) is 12.2. The Balaban J connectivity index is 1.87. The van der Waals surface area contributed by atoms with Crippen LogP contribution in [-0.4, -0.2) is 23.1 Å². The molecule has 0 unspecified atom stereocenters. The number of anilines is 1. The van der Waals surface area contributed by atoms with Crippen LogP contribution >= 0.6 is 0 Å². The minimum absolute atomic E-state index is 0.505. The Morgan fingerprint density at radius 2 is 1.68 bits per heavy atom. The first-order valence-corrected chi connectivity index (χ1v) is 6.74. The minimum atomic E-state index is 0.505. The zero-order valence-electron chi connectivity index (χ0n) is 11.7. The summed E-state index contributed by atoms with van der Waals surface area (Å²) in [6.45, 7) is 4.14. The average molecular weight is 253 g/mol. The van der Waals surface area contributed by atoms with Crippen LogP contribution in [0.4, 0.5) is 5.82 Å². The molecule has 1 heterocycles. The van der Waals surface area contributed by atoms with Crippen LogP contribution in [0.15, 0.2) is 30.6 Å². The molecule has 1 aliphatic rings. The number of benzene rings is 1. The maximum Gasteiger partial charge on any atom is 0.135 e. The molecule has 3 nitrogen and oxygen atoms in total. The van der Waals surface area contributed by atoms with Crippen LogP contribution in [0, 0.1) is 13.8 Å². The van der Waals surface area contributed by atoms with E-state index in [2.05, 4.69) is 53.1 Å². The SMILES string of the molecule is Cc1ncnc(N(C)C2Cc3ccccc3C2)c1C. The van der Waals surface area contributed by atoms with Gasteiger partial charge in [-0.1, -0.05) is 24.3 Å². The zero-order valence-corrected chi connectivity index (χ0v) is 11.7. The van der Waals surface area contributed by atoms with E-state index in [-0.39, 0.29) is 0 Å². The molecule has 0 atom stereocenters. The lowest BCUT2D eigenvalue weighted by molar-refractivity contribution is 0.656. The second-order valence-electron chi connectivity index (χ2n) is 5.35. The van der Waals surface area contributed by atoms with E-state index >= 15 is 0 Å². The number of fused-ring (bicyclic) bond motifs is 1. The molecule has 3 heteroatoms. The molecule has 0 saturated carbocycles. The Morgan fingerprint density at radius 1 is 1.05 bits per heavy atom. The molecule has 3 rings (SSSR count). The highest BCUT2D eigenvalue weighted by Crippen LogP contribution is 2.28. The fraction of sp³-hybridized carbons (Fsp3) is 0.375. The molecule has 0 fully saturated rings. The molecule has 0 bridgehead atoms. The average Bonchev–Trinajstić information content (AvgIpc) is 2.85. The van der Waals surface area contributed by atoms with Crippen molar-refractivity contribution in [2.24, 2.45) is 0 Å². The molecule has 1 aromatic heterocycles. The number of rotatable bonds is 2. The molecule has 0 radical (unpaired) electrons. The Labute approximate surface area is 114 Å². The maximum absolute atomic E-state index is 4.46. The van der Waals surface area contributed by atoms with E-state index in [1.807, 2.05) is 6.92 Å². The summed E-state index contributed by atoms with van der Waals surface area (Å²) in [7, 11) is 2.14. The van der Waals surface area contributed by atoms with Crippen molar-refractivity contribution in [2.75, 3.05) is 11.9 Å². The zero-order chi connectivity index (χ0) is 13.4. The summed E-state index contributed by atoms with van der Waals surface area (Å²) in [5.41, 5.74) is 5.19. The molecule has 98 valence electrons. The molecule has 0 amide bonds. The quantitative estimate of drug-likeness (QED) is 0.824.